The Morgan fingerprint density at radius 3 is 2.61 bits per heavy atom. The zero-order valence-electron chi connectivity index (χ0n) is 9.71. The minimum atomic E-state index is -4.47. The van der Waals surface area contributed by atoms with E-state index in [4.69, 9.17) is 5.73 Å². The van der Waals surface area contributed by atoms with Crippen LogP contribution in [0, 0.1) is 5.92 Å². The van der Waals surface area contributed by atoms with Gasteiger partial charge in [-0.05, 0) is 41.2 Å². The summed E-state index contributed by atoms with van der Waals surface area (Å²) in [5, 5.41) is 0. The molecule has 5 heteroatoms. The zero-order chi connectivity index (χ0) is 13.5. The molecular formula is C13H12F3NO. The van der Waals surface area contributed by atoms with Crippen LogP contribution in [-0.2, 0) is 17.4 Å². The molecular weight excluding hydrogens is 243 g/mol. The van der Waals surface area contributed by atoms with Crippen LogP contribution >= 0.6 is 0 Å². The van der Waals surface area contributed by atoms with Crippen molar-refractivity contribution < 1.29 is 18.0 Å². The van der Waals surface area contributed by atoms with Crippen molar-refractivity contribution in [1.82, 2.24) is 0 Å². The number of alkyl halides is 3. The van der Waals surface area contributed by atoms with Crippen LogP contribution in [-0.4, -0.2) is 6.29 Å². The van der Waals surface area contributed by atoms with E-state index in [-0.39, 0.29) is 23.6 Å². The first-order chi connectivity index (χ1) is 8.34. The van der Waals surface area contributed by atoms with E-state index >= 15 is 0 Å². The number of anilines is 1. The molecule has 1 unspecified atom stereocenters. The first-order valence-electron chi connectivity index (χ1n) is 5.50. The van der Waals surface area contributed by atoms with E-state index in [1.165, 1.54) is 18.2 Å². The number of nitrogens with two attached hydrogens (primary N) is 1. The molecule has 2 N–H and O–H groups in total. The molecule has 96 valence electrons. The highest BCUT2D eigenvalue weighted by atomic mass is 19.4. The zero-order valence-corrected chi connectivity index (χ0v) is 9.71. The van der Waals surface area contributed by atoms with Crippen molar-refractivity contribution in [3.63, 3.8) is 0 Å². The summed E-state index contributed by atoms with van der Waals surface area (Å²) in [4.78, 5) is 10.8. The van der Waals surface area contributed by atoms with E-state index in [1.807, 2.05) is 0 Å². The molecule has 1 atom stereocenters. The first kappa shape index (κ1) is 12.7. The molecule has 1 aromatic rings. The van der Waals surface area contributed by atoms with E-state index in [0.29, 0.717) is 17.4 Å². The maximum atomic E-state index is 13.0. The van der Waals surface area contributed by atoms with E-state index in [2.05, 4.69) is 0 Å². The number of halogens is 3. The SMILES string of the molecule is CC1Cc2c(ccc(N)c2C(F)(F)F)C=C1C=O. The largest absolute Gasteiger partial charge is 0.418 e. The van der Waals surface area contributed by atoms with Crippen LogP contribution < -0.4 is 5.73 Å². The van der Waals surface area contributed by atoms with Gasteiger partial charge in [-0.2, -0.15) is 13.2 Å². The number of allylic oxidation sites excluding steroid dienone is 1. The summed E-state index contributed by atoms with van der Waals surface area (Å²) < 4.78 is 38.9. The van der Waals surface area contributed by atoms with Gasteiger partial charge in [-0.25, -0.2) is 0 Å². The van der Waals surface area contributed by atoms with Gasteiger partial charge in [0, 0.05) is 5.69 Å². The molecule has 2 nitrogen and oxygen atoms in total. The molecule has 0 heterocycles. The topological polar surface area (TPSA) is 43.1 Å². The van der Waals surface area contributed by atoms with Crippen LogP contribution in [0.15, 0.2) is 17.7 Å². The summed E-state index contributed by atoms with van der Waals surface area (Å²) in [6.07, 6.45) is -2.09. The number of carbonyl (C=O) groups excluding carboxylic acids is 1. The summed E-state index contributed by atoms with van der Waals surface area (Å²) in [7, 11) is 0. The monoisotopic (exact) mass is 255 g/mol. The van der Waals surface area contributed by atoms with Crippen LogP contribution in [0.3, 0.4) is 0 Å². The van der Waals surface area contributed by atoms with Gasteiger partial charge in [-0.15, -0.1) is 0 Å². The van der Waals surface area contributed by atoms with Crippen LogP contribution in [0.5, 0.6) is 0 Å². The Labute approximate surface area is 102 Å². The molecule has 1 aromatic carbocycles. The lowest BCUT2D eigenvalue weighted by atomic mass is 9.82. The van der Waals surface area contributed by atoms with E-state index in [0.717, 1.165) is 0 Å². The van der Waals surface area contributed by atoms with Crippen molar-refractivity contribution in [2.75, 3.05) is 5.73 Å². The Hall–Kier alpha value is -1.78. The number of hydrogen-bond acceptors (Lipinski definition) is 2. The standard InChI is InChI=1S/C13H12F3NO/c1-7-4-10-8(5-9(7)6-18)2-3-11(17)12(10)13(14,15)16/h2-3,5-7H,4,17H2,1H3. The fraction of sp³-hybridized carbons (Fsp3) is 0.308. The number of rotatable bonds is 1. The van der Waals surface area contributed by atoms with Gasteiger partial charge < -0.3 is 5.73 Å². The smallest absolute Gasteiger partial charge is 0.398 e. The second-order valence-electron chi connectivity index (χ2n) is 4.46. The van der Waals surface area contributed by atoms with Crippen molar-refractivity contribution in [2.24, 2.45) is 5.92 Å². The average Bonchev–Trinajstić information content (AvgIpc) is 2.26. The maximum absolute atomic E-state index is 13.0. The maximum Gasteiger partial charge on any atom is 0.418 e. The average molecular weight is 255 g/mol. The molecule has 0 amide bonds. The Morgan fingerprint density at radius 1 is 1.39 bits per heavy atom. The fourth-order valence-electron chi connectivity index (χ4n) is 2.27. The van der Waals surface area contributed by atoms with Gasteiger partial charge in [-0.1, -0.05) is 13.0 Å². The Balaban J connectivity index is 2.67. The van der Waals surface area contributed by atoms with Crippen LogP contribution in [0.1, 0.15) is 23.6 Å². The third kappa shape index (κ3) is 2.00. The summed E-state index contributed by atoms with van der Waals surface area (Å²) in [6.45, 7) is 1.73. The predicted molar refractivity (Wildman–Crippen MR) is 62.8 cm³/mol. The summed E-state index contributed by atoms with van der Waals surface area (Å²) >= 11 is 0. The van der Waals surface area contributed by atoms with Crippen molar-refractivity contribution in [3.8, 4) is 0 Å². The molecule has 0 aromatic heterocycles. The molecule has 1 aliphatic carbocycles. The molecule has 0 fully saturated rings. The van der Waals surface area contributed by atoms with Gasteiger partial charge in [0.1, 0.15) is 6.29 Å². The molecule has 0 aliphatic heterocycles. The number of fused-ring (bicyclic) bond motifs is 1. The lowest BCUT2D eigenvalue weighted by Gasteiger charge is -2.24. The minimum absolute atomic E-state index is 0.180. The summed E-state index contributed by atoms with van der Waals surface area (Å²) in [5.74, 6) is -0.224. The second kappa shape index (κ2) is 4.15. The lowest BCUT2D eigenvalue weighted by Crippen LogP contribution is -2.19. The molecule has 1 aliphatic rings. The Kier molecular flexibility index (Phi) is 2.92. The van der Waals surface area contributed by atoms with Crippen molar-refractivity contribution >= 4 is 18.0 Å². The van der Waals surface area contributed by atoms with Gasteiger partial charge >= 0.3 is 6.18 Å². The van der Waals surface area contributed by atoms with Gasteiger partial charge in [0.2, 0.25) is 0 Å². The number of nitrogen functional groups attached to an aromatic ring is 1. The van der Waals surface area contributed by atoms with Gasteiger partial charge in [0.25, 0.3) is 0 Å². The summed E-state index contributed by atoms with van der Waals surface area (Å²) in [6, 6.07) is 2.76. The van der Waals surface area contributed by atoms with E-state index in [9.17, 15) is 18.0 Å². The fourth-order valence-corrected chi connectivity index (χ4v) is 2.27. The van der Waals surface area contributed by atoms with E-state index < -0.39 is 11.7 Å². The van der Waals surface area contributed by atoms with Crippen molar-refractivity contribution in [3.05, 3.63) is 34.4 Å². The van der Waals surface area contributed by atoms with Crippen LogP contribution in [0.25, 0.3) is 6.08 Å². The first-order valence-corrected chi connectivity index (χ1v) is 5.50. The van der Waals surface area contributed by atoms with Crippen molar-refractivity contribution in [2.45, 2.75) is 19.5 Å². The van der Waals surface area contributed by atoms with Crippen molar-refractivity contribution in [1.29, 1.82) is 0 Å². The van der Waals surface area contributed by atoms with E-state index in [1.54, 1.807) is 6.92 Å². The summed E-state index contributed by atoms with van der Waals surface area (Å²) in [5.41, 5.74) is 5.52. The number of hydrogen-bond donors (Lipinski definition) is 1. The quantitative estimate of drug-likeness (QED) is 0.619. The number of aldehydes is 1. The van der Waals surface area contributed by atoms with Crippen LogP contribution in [0.4, 0.5) is 18.9 Å². The minimum Gasteiger partial charge on any atom is -0.398 e. The van der Waals surface area contributed by atoms with Gasteiger partial charge in [-0.3, -0.25) is 4.79 Å². The molecule has 0 radical (unpaired) electrons. The molecule has 0 saturated carbocycles. The highest BCUT2D eigenvalue weighted by molar-refractivity contribution is 5.85. The molecule has 2 rings (SSSR count). The highest BCUT2D eigenvalue weighted by Gasteiger charge is 2.37. The number of carbonyl (C=O) groups is 1. The van der Waals surface area contributed by atoms with Crippen LogP contribution in [0.2, 0.25) is 0 Å². The third-order valence-corrected chi connectivity index (χ3v) is 3.20. The molecule has 0 bridgehead atoms. The third-order valence-electron chi connectivity index (χ3n) is 3.20. The lowest BCUT2D eigenvalue weighted by molar-refractivity contribution is -0.137. The Bertz CT molecular complexity index is 532. The molecule has 0 saturated heterocycles. The number of benzene rings is 1. The second-order valence-corrected chi connectivity index (χ2v) is 4.46. The molecule has 18 heavy (non-hydrogen) atoms. The normalized spacial score (nSPS) is 19.1. The highest BCUT2D eigenvalue weighted by Crippen LogP contribution is 2.41. The molecule has 0 spiro atoms. The predicted octanol–water partition coefficient (Wildman–Crippen LogP) is 3.06. The Morgan fingerprint density at radius 2 is 2.06 bits per heavy atom. The van der Waals surface area contributed by atoms with Gasteiger partial charge in [0.15, 0.2) is 0 Å². The van der Waals surface area contributed by atoms with Gasteiger partial charge in [0.05, 0.1) is 5.56 Å².